The average molecular weight is 359 g/mol. The molecule has 0 bridgehead atoms. The first kappa shape index (κ1) is 14.5. The normalized spacial score (nSPS) is 27.5. The van der Waals surface area contributed by atoms with Gasteiger partial charge in [-0.2, -0.15) is 4.31 Å². The molecule has 110 valence electrons. The van der Waals surface area contributed by atoms with Crippen molar-refractivity contribution in [2.45, 2.75) is 18.2 Å². The van der Waals surface area contributed by atoms with Crippen molar-refractivity contribution in [3.05, 3.63) is 28.2 Å². The maximum Gasteiger partial charge on any atom is 0.244 e. The molecule has 1 aromatic rings. The molecule has 1 N–H and O–H groups in total. The predicted octanol–water partition coefficient (Wildman–Crippen LogP) is 1.99. The molecule has 0 saturated carbocycles. The Kier molecular flexibility index (Phi) is 3.92. The molecule has 20 heavy (non-hydrogen) atoms. The zero-order valence-corrected chi connectivity index (χ0v) is 13.9. The smallest absolute Gasteiger partial charge is 0.244 e. The van der Waals surface area contributed by atoms with Crippen LogP contribution in [0.5, 0.6) is 0 Å². The van der Waals surface area contributed by atoms with Gasteiger partial charge in [0.15, 0.2) is 0 Å². The third-order valence-electron chi connectivity index (χ3n) is 4.37. The Morgan fingerprint density at radius 3 is 2.80 bits per heavy atom. The van der Waals surface area contributed by atoms with Crippen molar-refractivity contribution < 1.29 is 8.42 Å². The molecule has 0 aliphatic carbocycles. The number of piperidine rings is 1. The molecule has 2 unspecified atom stereocenters. The summed E-state index contributed by atoms with van der Waals surface area (Å²) in [6.45, 7) is 5.20. The fourth-order valence-corrected chi connectivity index (χ4v) is 5.84. The van der Waals surface area contributed by atoms with E-state index < -0.39 is 10.0 Å². The number of nitrogens with one attached hydrogen (secondary N) is 1. The Morgan fingerprint density at radius 1 is 1.30 bits per heavy atom. The van der Waals surface area contributed by atoms with E-state index in [-0.39, 0.29) is 0 Å². The van der Waals surface area contributed by atoms with Gasteiger partial charge >= 0.3 is 0 Å². The van der Waals surface area contributed by atoms with Gasteiger partial charge in [-0.3, -0.25) is 0 Å². The topological polar surface area (TPSA) is 49.4 Å². The molecule has 2 aliphatic rings. The number of rotatable bonds is 2. The van der Waals surface area contributed by atoms with Crippen LogP contribution in [0.4, 0.5) is 0 Å². The van der Waals surface area contributed by atoms with E-state index in [9.17, 15) is 8.42 Å². The van der Waals surface area contributed by atoms with E-state index >= 15 is 0 Å². The van der Waals surface area contributed by atoms with E-state index in [2.05, 4.69) is 21.2 Å². The van der Waals surface area contributed by atoms with Gasteiger partial charge in [-0.05, 0) is 71.9 Å². The van der Waals surface area contributed by atoms with E-state index in [0.29, 0.717) is 34.3 Å². The second-order valence-corrected chi connectivity index (χ2v) is 8.52. The van der Waals surface area contributed by atoms with Crippen LogP contribution in [0.2, 0.25) is 0 Å². The van der Waals surface area contributed by atoms with E-state index in [1.165, 1.54) is 0 Å². The van der Waals surface area contributed by atoms with E-state index in [0.717, 1.165) is 25.1 Å². The van der Waals surface area contributed by atoms with Crippen molar-refractivity contribution in [2.75, 3.05) is 26.2 Å². The summed E-state index contributed by atoms with van der Waals surface area (Å²) < 4.78 is 27.9. The Morgan fingerprint density at radius 2 is 2.05 bits per heavy atom. The number of halogens is 1. The van der Waals surface area contributed by atoms with Gasteiger partial charge in [0.1, 0.15) is 0 Å². The predicted molar refractivity (Wildman–Crippen MR) is 82.1 cm³/mol. The molecule has 2 aliphatic heterocycles. The first-order valence-electron chi connectivity index (χ1n) is 6.95. The van der Waals surface area contributed by atoms with Gasteiger partial charge in [0.05, 0.1) is 4.90 Å². The molecule has 2 atom stereocenters. The second kappa shape index (κ2) is 5.40. The van der Waals surface area contributed by atoms with E-state index in [4.69, 9.17) is 0 Å². The average Bonchev–Trinajstić information content (AvgIpc) is 2.85. The van der Waals surface area contributed by atoms with Crippen molar-refractivity contribution in [1.29, 1.82) is 0 Å². The molecule has 0 amide bonds. The Bertz CT molecular complexity index is 618. The van der Waals surface area contributed by atoms with Crippen LogP contribution in [0, 0.1) is 18.8 Å². The molecule has 2 saturated heterocycles. The molecule has 2 fully saturated rings. The Balaban J connectivity index is 1.88. The van der Waals surface area contributed by atoms with Gasteiger partial charge in [0.2, 0.25) is 10.0 Å². The molecule has 0 aromatic heterocycles. The summed E-state index contributed by atoms with van der Waals surface area (Å²) in [5.41, 5.74) is 1.05. The van der Waals surface area contributed by atoms with Crippen LogP contribution < -0.4 is 5.32 Å². The fourth-order valence-electron chi connectivity index (χ4n) is 3.17. The van der Waals surface area contributed by atoms with Crippen LogP contribution in [-0.4, -0.2) is 38.9 Å². The quantitative estimate of drug-likeness (QED) is 0.879. The zero-order valence-electron chi connectivity index (χ0n) is 11.5. The van der Waals surface area contributed by atoms with Crippen LogP contribution in [-0.2, 0) is 10.0 Å². The summed E-state index contributed by atoms with van der Waals surface area (Å²) >= 11 is 3.39. The minimum absolute atomic E-state index is 0.382. The molecule has 3 rings (SSSR count). The number of benzene rings is 1. The van der Waals surface area contributed by atoms with Crippen molar-refractivity contribution in [3.8, 4) is 0 Å². The van der Waals surface area contributed by atoms with Crippen molar-refractivity contribution in [1.82, 2.24) is 9.62 Å². The number of nitrogens with zero attached hydrogens (tertiary/aromatic N) is 1. The highest BCUT2D eigenvalue weighted by Crippen LogP contribution is 2.32. The lowest BCUT2D eigenvalue weighted by atomic mass is 9.90. The van der Waals surface area contributed by atoms with Gasteiger partial charge in [-0.25, -0.2) is 8.42 Å². The number of sulfonamides is 1. The summed E-state index contributed by atoms with van der Waals surface area (Å²) in [4.78, 5) is 0.382. The molecule has 2 heterocycles. The number of hydrogen-bond donors (Lipinski definition) is 1. The zero-order chi connectivity index (χ0) is 14.3. The minimum Gasteiger partial charge on any atom is -0.316 e. The summed E-state index contributed by atoms with van der Waals surface area (Å²) in [5.74, 6) is 1.10. The van der Waals surface area contributed by atoms with Crippen LogP contribution >= 0.6 is 15.9 Å². The lowest BCUT2D eigenvalue weighted by molar-refractivity contribution is 0.228. The highest BCUT2D eigenvalue weighted by Gasteiger charge is 2.38. The van der Waals surface area contributed by atoms with Crippen molar-refractivity contribution in [3.63, 3.8) is 0 Å². The molecule has 0 radical (unpaired) electrons. The van der Waals surface area contributed by atoms with E-state index in [1.54, 1.807) is 10.4 Å². The molecule has 1 aromatic carbocycles. The largest absolute Gasteiger partial charge is 0.316 e. The van der Waals surface area contributed by atoms with E-state index in [1.807, 2.05) is 19.1 Å². The Hall–Kier alpha value is -0.430. The SMILES string of the molecule is Cc1ccc(S(=O)(=O)N2CCC3CNCC3C2)c(Br)c1. The number of hydrogen-bond acceptors (Lipinski definition) is 3. The third kappa shape index (κ3) is 2.54. The summed E-state index contributed by atoms with van der Waals surface area (Å²) in [5, 5.41) is 3.36. The maximum absolute atomic E-state index is 12.8. The highest BCUT2D eigenvalue weighted by atomic mass is 79.9. The summed E-state index contributed by atoms with van der Waals surface area (Å²) in [6.07, 6.45) is 0.959. The highest BCUT2D eigenvalue weighted by molar-refractivity contribution is 9.10. The maximum atomic E-state index is 12.8. The van der Waals surface area contributed by atoms with Gasteiger partial charge in [-0.1, -0.05) is 6.07 Å². The van der Waals surface area contributed by atoms with Crippen LogP contribution in [0.3, 0.4) is 0 Å². The van der Waals surface area contributed by atoms with Crippen LogP contribution in [0.15, 0.2) is 27.6 Å². The number of aryl methyl sites for hydroxylation is 1. The van der Waals surface area contributed by atoms with Crippen LogP contribution in [0.25, 0.3) is 0 Å². The lowest BCUT2D eigenvalue weighted by Crippen LogP contribution is -2.43. The van der Waals surface area contributed by atoms with Crippen molar-refractivity contribution >= 4 is 26.0 Å². The van der Waals surface area contributed by atoms with Gasteiger partial charge in [0.25, 0.3) is 0 Å². The third-order valence-corrected chi connectivity index (χ3v) is 7.21. The standard InChI is InChI=1S/C14H19BrN2O2S/c1-10-2-3-14(13(15)6-10)20(18,19)17-5-4-11-7-16-8-12(11)9-17/h2-3,6,11-12,16H,4-5,7-9H2,1H3. The molecule has 6 heteroatoms. The number of fused-ring (bicyclic) bond motifs is 1. The van der Waals surface area contributed by atoms with Crippen LogP contribution in [0.1, 0.15) is 12.0 Å². The first-order valence-corrected chi connectivity index (χ1v) is 9.19. The van der Waals surface area contributed by atoms with Crippen molar-refractivity contribution in [2.24, 2.45) is 11.8 Å². The molecule has 4 nitrogen and oxygen atoms in total. The summed E-state index contributed by atoms with van der Waals surface area (Å²) in [6, 6.07) is 5.41. The van der Waals surface area contributed by atoms with Gasteiger partial charge in [0, 0.05) is 17.6 Å². The van der Waals surface area contributed by atoms with Gasteiger partial charge in [-0.15, -0.1) is 0 Å². The van der Waals surface area contributed by atoms with Gasteiger partial charge < -0.3 is 5.32 Å². The minimum atomic E-state index is -3.39. The summed E-state index contributed by atoms with van der Waals surface area (Å²) in [7, 11) is -3.39. The first-order chi connectivity index (χ1) is 9.48. The molecule has 0 spiro atoms. The fraction of sp³-hybridized carbons (Fsp3) is 0.571. The molecular weight excluding hydrogens is 340 g/mol. The molecular formula is C14H19BrN2O2S. The monoisotopic (exact) mass is 358 g/mol. The second-order valence-electron chi connectivity index (χ2n) is 5.76. The lowest BCUT2D eigenvalue weighted by Gasteiger charge is -2.33. The Labute approximate surface area is 128 Å².